The molecule has 38 heavy (non-hydrogen) atoms. The number of aromatic nitrogens is 2. The second kappa shape index (κ2) is 10.7. The van der Waals surface area contributed by atoms with E-state index >= 15 is 0 Å². The third-order valence-electron chi connectivity index (χ3n) is 6.09. The number of rotatable bonds is 7. The first-order chi connectivity index (χ1) is 17.9. The summed E-state index contributed by atoms with van der Waals surface area (Å²) in [4.78, 5) is 20.6. The van der Waals surface area contributed by atoms with Crippen LogP contribution in [0.2, 0.25) is 0 Å². The average Bonchev–Trinajstić information content (AvgIpc) is 3.29. The van der Waals surface area contributed by atoms with Gasteiger partial charge in [0.15, 0.2) is 0 Å². The van der Waals surface area contributed by atoms with E-state index in [2.05, 4.69) is 15.3 Å². The zero-order chi connectivity index (χ0) is 27.7. The normalized spacial score (nSPS) is 18.5. The molecule has 1 N–H and O–H groups in total. The zero-order valence-electron chi connectivity index (χ0n) is 20.0. The fourth-order valence-corrected chi connectivity index (χ4v) is 5.83. The largest absolute Gasteiger partial charge is 0.433 e. The Morgan fingerprint density at radius 1 is 1.13 bits per heavy atom. The van der Waals surface area contributed by atoms with Gasteiger partial charge in [0.1, 0.15) is 23.7 Å². The fourth-order valence-electron chi connectivity index (χ4n) is 4.20. The van der Waals surface area contributed by atoms with E-state index in [4.69, 9.17) is 0 Å². The topological polar surface area (TPSA) is 92.3 Å². The molecular formula is C25H23F5N4O3S. The molecule has 0 saturated carbocycles. The van der Waals surface area contributed by atoms with Crippen LogP contribution in [0.3, 0.4) is 0 Å². The van der Waals surface area contributed by atoms with Crippen LogP contribution >= 0.6 is 0 Å². The van der Waals surface area contributed by atoms with Crippen molar-refractivity contribution in [2.75, 3.05) is 6.54 Å². The summed E-state index contributed by atoms with van der Waals surface area (Å²) in [5.41, 5.74) is 0.480. The molecule has 1 unspecified atom stereocenters. The van der Waals surface area contributed by atoms with Crippen molar-refractivity contribution in [2.24, 2.45) is 0 Å². The van der Waals surface area contributed by atoms with Gasteiger partial charge in [0.2, 0.25) is 15.9 Å². The van der Waals surface area contributed by atoms with Crippen LogP contribution in [0.1, 0.15) is 30.3 Å². The molecule has 7 nitrogen and oxygen atoms in total. The van der Waals surface area contributed by atoms with Crippen molar-refractivity contribution in [1.29, 1.82) is 0 Å². The minimum atomic E-state index is -4.58. The Morgan fingerprint density at radius 3 is 2.50 bits per heavy atom. The number of nitrogens with one attached hydrogen (secondary N) is 1. The summed E-state index contributed by atoms with van der Waals surface area (Å²) in [7, 11) is -4.26. The number of carbonyl (C=O) groups is 1. The SMILES string of the molecule is CCc1nc(C(F)(F)F)ccc1-c1cc(CNC(=O)C2C[C@@H](F)CN2S(=O)(=O)c2ccc(F)cc2)ccn1. The quantitative estimate of drug-likeness (QED) is 0.441. The third kappa shape index (κ3) is 5.83. The lowest BCUT2D eigenvalue weighted by atomic mass is 10.0. The Morgan fingerprint density at radius 2 is 1.84 bits per heavy atom. The van der Waals surface area contributed by atoms with Gasteiger partial charge >= 0.3 is 6.18 Å². The van der Waals surface area contributed by atoms with Gasteiger partial charge in [-0.15, -0.1) is 0 Å². The third-order valence-corrected chi connectivity index (χ3v) is 7.98. The average molecular weight is 555 g/mol. The number of pyridine rings is 2. The van der Waals surface area contributed by atoms with E-state index in [9.17, 15) is 35.2 Å². The Bertz CT molecular complexity index is 1430. The summed E-state index contributed by atoms with van der Waals surface area (Å²) < 4.78 is 93.4. The molecule has 0 radical (unpaired) electrons. The van der Waals surface area contributed by atoms with Crippen LogP contribution in [-0.2, 0) is 34.0 Å². The lowest BCUT2D eigenvalue weighted by Crippen LogP contribution is -2.45. The smallest absolute Gasteiger partial charge is 0.351 e. The van der Waals surface area contributed by atoms with Crippen molar-refractivity contribution in [1.82, 2.24) is 19.6 Å². The van der Waals surface area contributed by atoms with Gasteiger partial charge in [-0.25, -0.2) is 22.2 Å². The summed E-state index contributed by atoms with van der Waals surface area (Å²) in [5, 5.41) is 2.60. The van der Waals surface area contributed by atoms with Crippen molar-refractivity contribution in [2.45, 2.75) is 49.6 Å². The number of amides is 1. The Hall–Kier alpha value is -3.45. The number of benzene rings is 1. The molecule has 4 rings (SSSR count). The monoisotopic (exact) mass is 554 g/mol. The van der Waals surface area contributed by atoms with E-state index in [0.717, 1.165) is 34.6 Å². The molecule has 3 heterocycles. The molecule has 2 atom stereocenters. The highest BCUT2D eigenvalue weighted by Gasteiger charge is 2.44. The molecule has 1 fully saturated rings. The van der Waals surface area contributed by atoms with Crippen LogP contribution in [0.5, 0.6) is 0 Å². The molecule has 1 aromatic carbocycles. The van der Waals surface area contributed by atoms with Crippen molar-refractivity contribution >= 4 is 15.9 Å². The van der Waals surface area contributed by atoms with Crippen LogP contribution in [0, 0.1) is 5.82 Å². The zero-order valence-corrected chi connectivity index (χ0v) is 20.9. The molecule has 1 amide bonds. The van der Waals surface area contributed by atoms with E-state index in [-0.39, 0.29) is 30.0 Å². The maximum atomic E-state index is 14.2. The van der Waals surface area contributed by atoms with Crippen molar-refractivity contribution < 1.29 is 35.2 Å². The first-order valence-corrected chi connectivity index (χ1v) is 13.1. The lowest BCUT2D eigenvalue weighted by Gasteiger charge is -2.23. The van der Waals surface area contributed by atoms with Gasteiger partial charge in [-0.3, -0.25) is 9.78 Å². The van der Waals surface area contributed by atoms with E-state index in [0.29, 0.717) is 16.8 Å². The Labute approximate surface area is 215 Å². The van der Waals surface area contributed by atoms with Gasteiger partial charge in [-0.05, 0) is 60.5 Å². The van der Waals surface area contributed by atoms with Gasteiger partial charge in [-0.2, -0.15) is 17.5 Å². The summed E-state index contributed by atoms with van der Waals surface area (Å²) in [6.07, 6.45) is -4.84. The molecule has 1 saturated heterocycles. The van der Waals surface area contributed by atoms with Crippen LogP contribution in [0.4, 0.5) is 22.0 Å². The number of carbonyl (C=O) groups excluding carboxylic acids is 1. The summed E-state index contributed by atoms with van der Waals surface area (Å²) in [6.45, 7) is 1.08. The molecule has 0 bridgehead atoms. The second-order valence-corrected chi connectivity index (χ2v) is 10.6. The highest BCUT2D eigenvalue weighted by Crippen LogP contribution is 2.31. The molecule has 13 heteroatoms. The number of nitrogens with zero attached hydrogens (tertiary/aromatic N) is 3. The number of alkyl halides is 4. The predicted molar refractivity (Wildman–Crippen MR) is 127 cm³/mol. The van der Waals surface area contributed by atoms with Crippen LogP contribution in [-0.4, -0.2) is 47.4 Å². The van der Waals surface area contributed by atoms with Crippen molar-refractivity contribution in [3.8, 4) is 11.3 Å². The van der Waals surface area contributed by atoms with Gasteiger partial charge in [0.25, 0.3) is 0 Å². The molecule has 3 aromatic rings. The van der Waals surface area contributed by atoms with Crippen LogP contribution in [0.25, 0.3) is 11.3 Å². The fraction of sp³-hybridized carbons (Fsp3) is 0.320. The first-order valence-electron chi connectivity index (χ1n) is 11.6. The van der Waals surface area contributed by atoms with E-state index in [1.165, 1.54) is 12.3 Å². The van der Waals surface area contributed by atoms with E-state index in [1.54, 1.807) is 19.1 Å². The predicted octanol–water partition coefficient (Wildman–Crippen LogP) is 4.28. The summed E-state index contributed by atoms with van der Waals surface area (Å²) >= 11 is 0. The molecule has 1 aliphatic heterocycles. The molecule has 0 aliphatic carbocycles. The van der Waals surface area contributed by atoms with Gasteiger partial charge in [0.05, 0.1) is 16.3 Å². The Balaban J connectivity index is 1.51. The number of aryl methyl sites for hydroxylation is 1. The second-order valence-electron chi connectivity index (χ2n) is 8.69. The van der Waals surface area contributed by atoms with Crippen molar-refractivity contribution in [3.05, 3.63) is 77.5 Å². The number of hydrogen-bond donors (Lipinski definition) is 1. The Kier molecular flexibility index (Phi) is 7.79. The maximum absolute atomic E-state index is 14.2. The molecule has 202 valence electrons. The van der Waals surface area contributed by atoms with Crippen LogP contribution < -0.4 is 5.32 Å². The number of hydrogen-bond acceptors (Lipinski definition) is 5. The van der Waals surface area contributed by atoms with E-state index < -0.39 is 52.4 Å². The van der Waals surface area contributed by atoms with E-state index in [1.807, 2.05) is 0 Å². The summed E-state index contributed by atoms with van der Waals surface area (Å²) in [5.74, 6) is -1.36. The minimum Gasteiger partial charge on any atom is -0.351 e. The molecule has 2 aromatic heterocycles. The lowest BCUT2D eigenvalue weighted by molar-refractivity contribution is -0.141. The number of sulfonamides is 1. The van der Waals surface area contributed by atoms with Gasteiger partial charge < -0.3 is 5.32 Å². The summed E-state index contributed by atoms with van der Waals surface area (Å²) in [6, 6.07) is 8.01. The molecule has 1 aliphatic rings. The van der Waals surface area contributed by atoms with Crippen molar-refractivity contribution in [3.63, 3.8) is 0 Å². The van der Waals surface area contributed by atoms with Crippen LogP contribution in [0.15, 0.2) is 59.6 Å². The molecular weight excluding hydrogens is 531 g/mol. The minimum absolute atomic E-state index is 0.0677. The first kappa shape index (κ1) is 27.6. The molecule has 0 spiro atoms. The standard InChI is InChI=1S/C25H23F5N4O3S/c1-2-20-19(7-8-23(33-20)25(28,29)30)21-11-15(9-10-31-21)13-32-24(35)22-12-17(27)14-34(22)38(36,37)18-5-3-16(26)4-6-18/h3-11,17,22H,2,12-14H2,1H3,(H,32,35)/t17-,22?/m1/s1. The van der Waals surface area contributed by atoms with Gasteiger partial charge in [0, 0.05) is 31.3 Å². The maximum Gasteiger partial charge on any atom is 0.433 e. The highest BCUT2D eigenvalue weighted by molar-refractivity contribution is 7.89. The highest BCUT2D eigenvalue weighted by atomic mass is 32.2. The van der Waals surface area contributed by atoms with Gasteiger partial charge in [-0.1, -0.05) is 6.92 Å². The number of halogens is 5.